The summed E-state index contributed by atoms with van der Waals surface area (Å²) in [5, 5.41) is 0. The number of sulfonamides is 1. The fraction of sp³-hybridized carbons (Fsp3) is 0.111. The summed E-state index contributed by atoms with van der Waals surface area (Å²) >= 11 is 0. The number of fused-ring (bicyclic) bond motifs is 1. The van der Waals surface area contributed by atoms with E-state index in [1.807, 2.05) is 0 Å². The first kappa shape index (κ1) is 12.6. The van der Waals surface area contributed by atoms with Gasteiger partial charge in [-0.2, -0.15) is 25.9 Å². The van der Waals surface area contributed by atoms with Gasteiger partial charge in [0.1, 0.15) is 0 Å². The lowest BCUT2D eigenvalue weighted by Crippen LogP contribution is -2.44. The zero-order valence-corrected chi connectivity index (χ0v) is 9.25. The molecule has 1 aliphatic heterocycles. The Hall–Kier alpha value is -1.90. The summed E-state index contributed by atoms with van der Waals surface area (Å²) in [6.45, 7) is 0. The van der Waals surface area contributed by atoms with Gasteiger partial charge in [0.15, 0.2) is 0 Å². The number of carbonyl (C=O) groups is 2. The molecule has 1 aliphatic rings. The summed E-state index contributed by atoms with van der Waals surface area (Å²) in [6, 6.07) is 4.80. The molecule has 0 fully saturated rings. The van der Waals surface area contributed by atoms with Crippen LogP contribution < -0.4 is 0 Å². The first-order chi connectivity index (χ1) is 8.18. The van der Waals surface area contributed by atoms with Crippen LogP contribution in [-0.4, -0.2) is 30.0 Å². The standard InChI is InChI=1S/C9H4F3NO4S/c10-9(11,12)18(16,17)13-7(14)5-3-1-2-4-6(5)8(13)15/h1-4H. The van der Waals surface area contributed by atoms with Crippen LogP contribution in [-0.2, 0) is 10.0 Å². The Labute approximate surface area is 98.9 Å². The highest BCUT2D eigenvalue weighted by atomic mass is 32.2. The summed E-state index contributed by atoms with van der Waals surface area (Å²) in [6.07, 6.45) is 0. The molecular weight excluding hydrogens is 275 g/mol. The summed E-state index contributed by atoms with van der Waals surface area (Å²) in [5.74, 6) is -2.99. The van der Waals surface area contributed by atoms with Crippen molar-refractivity contribution >= 4 is 21.8 Å². The third kappa shape index (κ3) is 1.50. The van der Waals surface area contributed by atoms with Gasteiger partial charge in [-0.3, -0.25) is 9.59 Å². The second-order valence-electron chi connectivity index (χ2n) is 3.37. The minimum absolute atomic E-state index is 0.365. The number of benzene rings is 1. The fourth-order valence-corrected chi connectivity index (χ4v) is 2.33. The van der Waals surface area contributed by atoms with E-state index >= 15 is 0 Å². The van der Waals surface area contributed by atoms with E-state index < -0.39 is 31.7 Å². The molecule has 18 heavy (non-hydrogen) atoms. The highest BCUT2D eigenvalue weighted by Gasteiger charge is 2.57. The van der Waals surface area contributed by atoms with Crippen LogP contribution in [0.15, 0.2) is 24.3 Å². The Balaban J connectivity index is 2.61. The minimum Gasteiger partial charge on any atom is -0.267 e. The molecule has 0 unspecified atom stereocenters. The van der Waals surface area contributed by atoms with Gasteiger partial charge in [-0.1, -0.05) is 12.1 Å². The monoisotopic (exact) mass is 279 g/mol. The average molecular weight is 279 g/mol. The second-order valence-corrected chi connectivity index (χ2v) is 5.15. The van der Waals surface area contributed by atoms with E-state index in [0.29, 0.717) is 0 Å². The topological polar surface area (TPSA) is 71.5 Å². The van der Waals surface area contributed by atoms with Crippen molar-refractivity contribution in [2.75, 3.05) is 0 Å². The van der Waals surface area contributed by atoms with E-state index in [-0.39, 0.29) is 11.1 Å². The van der Waals surface area contributed by atoms with Crippen molar-refractivity contribution in [3.63, 3.8) is 0 Å². The number of rotatable bonds is 1. The van der Waals surface area contributed by atoms with E-state index in [4.69, 9.17) is 0 Å². The predicted octanol–water partition coefficient (Wildman–Crippen LogP) is 1.13. The molecule has 1 aromatic carbocycles. The van der Waals surface area contributed by atoms with Crippen molar-refractivity contribution < 1.29 is 31.2 Å². The Bertz CT molecular complexity index is 615. The van der Waals surface area contributed by atoms with Crippen LogP contribution in [0.2, 0.25) is 0 Å². The van der Waals surface area contributed by atoms with Crippen LogP contribution in [0.25, 0.3) is 0 Å². The maximum atomic E-state index is 12.3. The van der Waals surface area contributed by atoms with Crippen LogP contribution in [0.5, 0.6) is 0 Å². The maximum Gasteiger partial charge on any atom is 0.517 e. The number of hydrogen-bond donors (Lipinski definition) is 0. The van der Waals surface area contributed by atoms with E-state index in [1.54, 1.807) is 0 Å². The van der Waals surface area contributed by atoms with Crippen molar-refractivity contribution in [3.05, 3.63) is 35.4 Å². The molecule has 0 N–H and O–H groups in total. The smallest absolute Gasteiger partial charge is 0.267 e. The lowest BCUT2D eigenvalue weighted by Gasteiger charge is -2.15. The molecular formula is C9H4F3NO4S. The number of imide groups is 1. The summed E-state index contributed by atoms with van der Waals surface area (Å²) in [7, 11) is -6.01. The lowest BCUT2D eigenvalue weighted by molar-refractivity contribution is -0.0476. The highest BCUT2D eigenvalue weighted by molar-refractivity contribution is 7.91. The Kier molecular flexibility index (Phi) is 2.47. The van der Waals surface area contributed by atoms with Crippen molar-refractivity contribution in [3.8, 4) is 0 Å². The van der Waals surface area contributed by atoms with Gasteiger partial charge in [0.05, 0.1) is 11.1 Å². The number of carbonyl (C=O) groups excluding carboxylic acids is 2. The molecule has 0 spiro atoms. The number of hydrogen-bond acceptors (Lipinski definition) is 4. The molecule has 0 saturated heterocycles. The van der Waals surface area contributed by atoms with Gasteiger partial charge in [0.25, 0.3) is 11.8 Å². The van der Waals surface area contributed by atoms with Gasteiger partial charge in [-0.15, -0.1) is 0 Å². The first-order valence-electron chi connectivity index (χ1n) is 4.47. The van der Waals surface area contributed by atoms with Crippen molar-refractivity contribution in [2.45, 2.75) is 5.51 Å². The second kappa shape index (κ2) is 3.55. The maximum absolute atomic E-state index is 12.3. The van der Waals surface area contributed by atoms with Crippen LogP contribution in [0, 0.1) is 0 Å². The van der Waals surface area contributed by atoms with E-state index in [2.05, 4.69) is 0 Å². The molecule has 0 aliphatic carbocycles. The van der Waals surface area contributed by atoms with E-state index in [9.17, 15) is 31.2 Å². The summed E-state index contributed by atoms with van der Waals surface area (Å²) in [5.41, 5.74) is -6.44. The Morgan fingerprint density at radius 3 is 1.67 bits per heavy atom. The summed E-state index contributed by atoms with van der Waals surface area (Å²) in [4.78, 5) is 23.1. The molecule has 9 heteroatoms. The van der Waals surface area contributed by atoms with Crippen molar-refractivity contribution in [1.82, 2.24) is 4.31 Å². The molecule has 1 aromatic rings. The molecule has 2 rings (SSSR count). The Morgan fingerprint density at radius 2 is 1.33 bits per heavy atom. The molecule has 5 nitrogen and oxygen atoms in total. The molecule has 0 radical (unpaired) electrons. The number of amides is 2. The van der Waals surface area contributed by atoms with Crippen LogP contribution in [0.3, 0.4) is 0 Å². The van der Waals surface area contributed by atoms with Gasteiger partial charge in [-0.05, 0) is 12.1 Å². The van der Waals surface area contributed by atoms with Crippen LogP contribution in [0.4, 0.5) is 13.2 Å². The largest absolute Gasteiger partial charge is 0.517 e. The van der Waals surface area contributed by atoms with Crippen LogP contribution in [0.1, 0.15) is 20.7 Å². The number of nitrogens with zero attached hydrogens (tertiary/aromatic N) is 1. The molecule has 2 amide bonds. The van der Waals surface area contributed by atoms with Gasteiger partial charge >= 0.3 is 15.5 Å². The molecule has 0 atom stereocenters. The molecule has 96 valence electrons. The lowest BCUT2D eigenvalue weighted by atomic mass is 10.1. The number of halogens is 3. The van der Waals surface area contributed by atoms with Gasteiger partial charge < -0.3 is 0 Å². The SMILES string of the molecule is O=C1c2ccccc2C(=O)N1S(=O)(=O)C(F)(F)F. The van der Waals surface area contributed by atoms with E-state index in [0.717, 1.165) is 12.1 Å². The van der Waals surface area contributed by atoms with Gasteiger partial charge in [-0.25, -0.2) is 0 Å². The Morgan fingerprint density at radius 1 is 0.944 bits per heavy atom. The van der Waals surface area contributed by atoms with Gasteiger partial charge in [0.2, 0.25) is 0 Å². The molecule has 0 bridgehead atoms. The first-order valence-corrected chi connectivity index (χ1v) is 5.91. The van der Waals surface area contributed by atoms with Gasteiger partial charge in [0, 0.05) is 0 Å². The fourth-order valence-electron chi connectivity index (χ4n) is 1.49. The van der Waals surface area contributed by atoms with E-state index in [1.165, 1.54) is 12.1 Å². The third-order valence-electron chi connectivity index (χ3n) is 2.29. The highest BCUT2D eigenvalue weighted by Crippen LogP contribution is 2.33. The zero-order valence-electron chi connectivity index (χ0n) is 8.43. The van der Waals surface area contributed by atoms with Crippen molar-refractivity contribution in [2.24, 2.45) is 0 Å². The molecule has 1 heterocycles. The quantitative estimate of drug-likeness (QED) is 0.722. The predicted molar refractivity (Wildman–Crippen MR) is 51.9 cm³/mol. The molecule has 0 aromatic heterocycles. The normalized spacial score (nSPS) is 16.1. The summed E-state index contributed by atoms with van der Waals surface area (Å²) < 4.78 is 58.4. The average Bonchev–Trinajstić information content (AvgIpc) is 2.51. The van der Waals surface area contributed by atoms with Crippen LogP contribution >= 0.6 is 0 Å². The minimum atomic E-state index is -6.01. The molecule has 0 saturated carbocycles. The number of alkyl halides is 3. The third-order valence-corrected chi connectivity index (χ3v) is 3.69. The van der Waals surface area contributed by atoms with Crippen molar-refractivity contribution in [1.29, 1.82) is 0 Å². The zero-order chi connectivity index (χ0) is 13.7.